The molecule has 6 heteroatoms. The summed E-state index contributed by atoms with van der Waals surface area (Å²) in [5.74, 6) is 0.0496. The number of fused-ring (bicyclic) bond motifs is 1. The highest BCUT2D eigenvalue weighted by Crippen LogP contribution is 2.33. The summed E-state index contributed by atoms with van der Waals surface area (Å²) >= 11 is 0. The van der Waals surface area contributed by atoms with Crippen molar-refractivity contribution in [1.29, 1.82) is 0 Å². The van der Waals surface area contributed by atoms with Gasteiger partial charge in [-0.2, -0.15) is 0 Å². The van der Waals surface area contributed by atoms with Gasteiger partial charge in [-0.1, -0.05) is 6.07 Å². The molecule has 1 saturated carbocycles. The Balaban J connectivity index is 1.42. The van der Waals surface area contributed by atoms with Gasteiger partial charge in [0.25, 0.3) is 5.91 Å². The third-order valence-electron chi connectivity index (χ3n) is 4.91. The van der Waals surface area contributed by atoms with E-state index in [-0.39, 0.29) is 24.2 Å². The van der Waals surface area contributed by atoms with Crippen molar-refractivity contribution in [2.24, 2.45) is 0 Å². The van der Waals surface area contributed by atoms with Crippen molar-refractivity contribution in [1.82, 2.24) is 14.9 Å². The SMILES string of the molecule is O=C(c1ccncc1)N1CCO[C@@H]2[C@@H](OCc3cccnc3)CC[C@@H]21. The molecule has 2 fully saturated rings. The van der Waals surface area contributed by atoms with E-state index in [1.807, 2.05) is 23.2 Å². The van der Waals surface area contributed by atoms with Crippen LogP contribution >= 0.6 is 0 Å². The van der Waals surface area contributed by atoms with Crippen molar-refractivity contribution in [3.8, 4) is 0 Å². The van der Waals surface area contributed by atoms with Gasteiger partial charge in [0.2, 0.25) is 0 Å². The summed E-state index contributed by atoms with van der Waals surface area (Å²) in [6.07, 6.45) is 8.62. The number of hydrogen-bond donors (Lipinski definition) is 0. The maximum absolute atomic E-state index is 12.8. The summed E-state index contributed by atoms with van der Waals surface area (Å²) in [5, 5.41) is 0. The second-order valence-corrected chi connectivity index (χ2v) is 6.43. The molecule has 1 aliphatic carbocycles. The summed E-state index contributed by atoms with van der Waals surface area (Å²) in [4.78, 5) is 22.9. The van der Waals surface area contributed by atoms with Crippen molar-refractivity contribution in [2.45, 2.75) is 37.7 Å². The molecule has 3 atom stereocenters. The van der Waals surface area contributed by atoms with E-state index in [9.17, 15) is 4.79 Å². The third-order valence-corrected chi connectivity index (χ3v) is 4.91. The molecule has 130 valence electrons. The molecule has 2 aliphatic rings. The number of nitrogens with zero attached hydrogens (tertiary/aromatic N) is 3. The normalized spacial score (nSPS) is 25.6. The molecular formula is C19H21N3O3. The first-order valence-electron chi connectivity index (χ1n) is 8.66. The van der Waals surface area contributed by atoms with E-state index < -0.39 is 0 Å². The zero-order valence-electron chi connectivity index (χ0n) is 14.0. The molecule has 1 aliphatic heterocycles. The molecule has 4 rings (SSSR count). The second-order valence-electron chi connectivity index (χ2n) is 6.43. The number of hydrogen-bond acceptors (Lipinski definition) is 5. The largest absolute Gasteiger partial charge is 0.372 e. The first-order chi connectivity index (χ1) is 12.3. The number of pyridine rings is 2. The summed E-state index contributed by atoms with van der Waals surface area (Å²) in [6.45, 7) is 1.69. The molecule has 1 saturated heterocycles. The lowest BCUT2D eigenvalue weighted by Gasteiger charge is -2.39. The predicted molar refractivity (Wildman–Crippen MR) is 90.8 cm³/mol. The molecule has 0 unspecified atom stereocenters. The zero-order chi connectivity index (χ0) is 17.1. The molecule has 1 amide bonds. The number of carbonyl (C=O) groups is 1. The molecule has 0 radical (unpaired) electrons. The second kappa shape index (κ2) is 7.29. The minimum absolute atomic E-state index is 0.0123. The third kappa shape index (κ3) is 3.41. The minimum Gasteiger partial charge on any atom is -0.372 e. The lowest BCUT2D eigenvalue weighted by molar-refractivity contribution is -0.108. The van der Waals surface area contributed by atoms with Gasteiger partial charge in [-0.05, 0) is 36.6 Å². The van der Waals surface area contributed by atoms with Gasteiger partial charge in [0.05, 0.1) is 25.4 Å². The van der Waals surface area contributed by atoms with Crippen LogP contribution in [0.3, 0.4) is 0 Å². The molecule has 0 spiro atoms. The van der Waals surface area contributed by atoms with Crippen LogP contribution in [-0.4, -0.2) is 52.2 Å². The van der Waals surface area contributed by atoms with Crippen LogP contribution in [0.5, 0.6) is 0 Å². The Morgan fingerprint density at radius 1 is 1.20 bits per heavy atom. The number of amides is 1. The van der Waals surface area contributed by atoms with E-state index in [0.29, 0.717) is 25.3 Å². The van der Waals surface area contributed by atoms with Gasteiger partial charge in [0.1, 0.15) is 6.10 Å². The maximum Gasteiger partial charge on any atom is 0.254 e. The summed E-state index contributed by atoms with van der Waals surface area (Å²) < 4.78 is 12.1. The average molecular weight is 339 g/mol. The van der Waals surface area contributed by atoms with E-state index in [0.717, 1.165) is 18.4 Å². The molecule has 6 nitrogen and oxygen atoms in total. The molecule has 0 aromatic carbocycles. The Labute approximate surface area is 146 Å². The van der Waals surface area contributed by atoms with E-state index in [1.54, 1.807) is 30.7 Å². The van der Waals surface area contributed by atoms with Crippen LogP contribution in [0.25, 0.3) is 0 Å². The molecule has 2 aromatic heterocycles. The molecule has 2 aromatic rings. The van der Waals surface area contributed by atoms with Gasteiger partial charge >= 0.3 is 0 Å². The summed E-state index contributed by atoms with van der Waals surface area (Å²) in [5.41, 5.74) is 1.72. The van der Waals surface area contributed by atoms with Gasteiger partial charge < -0.3 is 14.4 Å². The first kappa shape index (κ1) is 16.2. The number of ether oxygens (including phenoxy) is 2. The van der Waals surface area contributed by atoms with Gasteiger partial charge in [-0.15, -0.1) is 0 Å². The average Bonchev–Trinajstić information content (AvgIpc) is 3.10. The number of carbonyl (C=O) groups excluding carboxylic acids is 1. The van der Waals surface area contributed by atoms with E-state index in [4.69, 9.17) is 9.47 Å². The van der Waals surface area contributed by atoms with Crippen molar-refractivity contribution in [2.75, 3.05) is 13.2 Å². The lowest BCUT2D eigenvalue weighted by Crippen LogP contribution is -2.53. The van der Waals surface area contributed by atoms with Crippen LogP contribution in [0.1, 0.15) is 28.8 Å². The van der Waals surface area contributed by atoms with Crippen molar-refractivity contribution in [3.63, 3.8) is 0 Å². The standard InChI is InChI=1S/C19H21N3O3/c23-19(15-5-8-20-9-6-15)22-10-11-24-18-16(22)3-4-17(18)25-13-14-2-1-7-21-12-14/h1-2,5-9,12,16-18H,3-4,10-11,13H2/t16-,17-,18-/m0/s1. The van der Waals surface area contributed by atoms with Crippen LogP contribution in [0.15, 0.2) is 49.1 Å². The molecule has 3 heterocycles. The zero-order valence-corrected chi connectivity index (χ0v) is 14.0. The first-order valence-corrected chi connectivity index (χ1v) is 8.66. The van der Waals surface area contributed by atoms with Gasteiger partial charge in [0, 0.05) is 36.9 Å². The number of aromatic nitrogens is 2. The van der Waals surface area contributed by atoms with E-state index in [2.05, 4.69) is 9.97 Å². The van der Waals surface area contributed by atoms with Crippen LogP contribution < -0.4 is 0 Å². The van der Waals surface area contributed by atoms with E-state index in [1.165, 1.54) is 0 Å². The van der Waals surface area contributed by atoms with Crippen molar-refractivity contribution in [3.05, 3.63) is 60.2 Å². The Hall–Kier alpha value is -2.31. The highest BCUT2D eigenvalue weighted by molar-refractivity contribution is 5.94. The van der Waals surface area contributed by atoms with Crippen LogP contribution in [0.4, 0.5) is 0 Å². The Bertz CT molecular complexity index is 710. The van der Waals surface area contributed by atoms with Crippen LogP contribution in [0, 0.1) is 0 Å². The fourth-order valence-corrected chi connectivity index (χ4v) is 3.69. The smallest absolute Gasteiger partial charge is 0.254 e. The Kier molecular flexibility index (Phi) is 4.72. The Morgan fingerprint density at radius 2 is 2.08 bits per heavy atom. The fourth-order valence-electron chi connectivity index (χ4n) is 3.69. The maximum atomic E-state index is 12.8. The predicted octanol–water partition coefficient (Wildman–Crippen LogP) is 2.07. The summed E-state index contributed by atoms with van der Waals surface area (Å²) in [6, 6.07) is 7.51. The minimum atomic E-state index is -0.0591. The number of morpholine rings is 1. The van der Waals surface area contributed by atoms with Gasteiger partial charge in [-0.25, -0.2) is 0 Å². The quantitative estimate of drug-likeness (QED) is 0.853. The molecule has 25 heavy (non-hydrogen) atoms. The van der Waals surface area contributed by atoms with Crippen molar-refractivity contribution < 1.29 is 14.3 Å². The van der Waals surface area contributed by atoms with Gasteiger partial charge in [-0.3, -0.25) is 14.8 Å². The van der Waals surface area contributed by atoms with Crippen molar-refractivity contribution >= 4 is 5.91 Å². The van der Waals surface area contributed by atoms with Crippen LogP contribution in [-0.2, 0) is 16.1 Å². The van der Waals surface area contributed by atoms with Gasteiger partial charge in [0.15, 0.2) is 0 Å². The van der Waals surface area contributed by atoms with Crippen LogP contribution in [0.2, 0.25) is 0 Å². The van der Waals surface area contributed by atoms with E-state index >= 15 is 0 Å². The fraction of sp³-hybridized carbons (Fsp3) is 0.421. The monoisotopic (exact) mass is 339 g/mol. The molecular weight excluding hydrogens is 318 g/mol. The highest BCUT2D eigenvalue weighted by Gasteiger charge is 2.45. The summed E-state index contributed by atoms with van der Waals surface area (Å²) in [7, 11) is 0. The molecule has 0 N–H and O–H groups in total. The lowest BCUT2D eigenvalue weighted by atomic mass is 10.1. The Morgan fingerprint density at radius 3 is 2.88 bits per heavy atom. The topological polar surface area (TPSA) is 64.6 Å². The number of rotatable bonds is 4. The molecule has 0 bridgehead atoms. The highest BCUT2D eigenvalue weighted by atomic mass is 16.5.